The minimum Gasteiger partial charge on any atom is -0.378 e. The lowest BCUT2D eigenvalue weighted by Gasteiger charge is -2.29. The highest BCUT2D eigenvalue weighted by Crippen LogP contribution is 2.27. The number of rotatable bonds is 3. The molecule has 0 aliphatic carbocycles. The van der Waals surface area contributed by atoms with Gasteiger partial charge in [0.25, 0.3) is 5.56 Å². The summed E-state index contributed by atoms with van der Waals surface area (Å²) >= 11 is 6.81. The molecule has 0 spiro atoms. The number of fused-ring (bicyclic) bond motifs is 1. The van der Waals surface area contributed by atoms with E-state index in [-0.39, 0.29) is 11.4 Å². The molecule has 5 rings (SSSR count). The maximum atomic E-state index is 13.6. The fourth-order valence-corrected chi connectivity index (χ4v) is 4.85. The summed E-state index contributed by atoms with van der Waals surface area (Å²) in [6, 6.07) is 15.5. The fourth-order valence-electron chi connectivity index (χ4n) is 3.55. The number of ether oxygens (including phenoxy) is 1. The summed E-state index contributed by atoms with van der Waals surface area (Å²) in [7, 11) is 0. The molecule has 152 valence electrons. The Bertz CT molecular complexity index is 1320. The van der Waals surface area contributed by atoms with Gasteiger partial charge in [0.05, 0.1) is 18.9 Å². The Balaban J connectivity index is 1.83. The van der Waals surface area contributed by atoms with E-state index in [9.17, 15) is 9.18 Å². The number of benzene rings is 2. The first kappa shape index (κ1) is 19.1. The molecule has 9 heteroatoms. The van der Waals surface area contributed by atoms with Crippen LogP contribution < -0.4 is 10.5 Å². The van der Waals surface area contributed by atoms with Gasteiger partial charge < -0.3 is 9.64 Å². The molecular weight excluding hydrogens is 423 g/mol. The molecule has 30 heavy (non-hydrogen) atoms. The Morgan fingerprint density at radius 3 is 2.33 bits per heavy atom. The van der Waals surface area contributed by atoms with Crippen LogP contribution in [0.15, 0.2) is 59.4 Å². The van der Waals surface area contributed by atoms with Crippen molar-refractivity contribution in [2.45, 2.75) is 0 Å². The third-order valence-corrected chi connectivity index (χ3v) is 6.33. The van der Waals surface area contributed by atoms with Gasteiger partial charge in [-0.15, -0.1) is 0 Å². The Hall–Kier alpha value is -2.88. The number of aromatic nitrogens is 3. The zero-order valence-electron chi connectivity index (χ0n) is 15.8. The molecule has 0 amide bonds. The zero-order chi connectivity index (χ0) is 20.7. The first-order valence-corrected chi connectivity index (χ1v) is 10.7. The van der Waals surface area contributed by atoms with Gasteiger partial charge >= 0.3 is 0 Å². The molecule has 0 atom stereocenters. The lowest BCUT2D eigenvalue weighted by atomic mass is 10.3. The minimum atomic E-state index is -0.361. The summed E-state index contributed by atoms with van der Waals surface area (Å²) in [5.74, 6) is 0.138. The predicted molar refractivity (Wildman–Crippen MR) is 118 cm³/mol. The maximum Gasteiger partial charge on any atom is 0.279 e. The van der Waals surface area contributed by atoms with Gasteiger partial charge in [-0.3, -0.25) is 9.36 Å². The van der Waals surface area contributed by atoms with E-state index >= 15 is 0 Å². The van der Waals surface area contributed by atoms with Crippen molar-refractivity contribution in [3.63, 3.8) is 0 Å². The SMILES string of the molecule is O=c1c2sc(=S)n(-c3ccccc3)c2nc(N2CCOCC2)n1-c1ccc(F)cc1. The highest BCUT2D eigenvalue weighted by Gasteiger charge is 2.23. The van der Waals surface area contributed by atoms with Crippen LogP contribution in [-0.2, 0) is 4.74 Å². The van der Waals surface area contributed by atoms with Crippen LogP contribution in [0.1, 0.15) is 0 Å². The second-order valence-corrected chi connectivity index (χ2v) is 8.46. The lowest BCUT2D eigenvalue weighted by molar-refractivity contribution is 0.122. The predicted octanol–water partition coefficient (Wildman–Crippen LogP) is 3.94. The van der Waals surface area contributed by atoms with Crippen LogP contribution in [0.4, 0.5) is 10.3 Å². The van der Waals surface area contributed by atoms with Crippen molar-refractivity contribution in [2.75, 3.05) is 31.2 Å². The van der Waals surface area contributed by atoms with Crippen molar-refractivity contribution in [3.05, 3.63) is 74.7 Å². The van der Waals surface area contributed by atoms with Crippen molar-refractivity contribution < 1.29 is 9.13 Å². The van der Waals surface area contributed by atoms with Crippen molar-refractivity contribution in [1.29, 1.82) is 0 Å². The minimum absolute atomic E-state index is 0.223. The van der Waals surface area contributed by atoms with Gasteiger partial charge in [-0.1, -0.05) is 29.5 Å². The number of anilines is 1. The number of morpholine rings is 1. The van der Waals surface area contributed by atoms with E-state index in [1.165, 1.54) is 28.0 Å². The topological polar surface area (TPSA) is 52.3 Å². The van der Waals surface area contributed by atoms with E-state index in [1.807, 2.05) is 39.8 Å². The number of hydrogen-bond acceptors (Lipinski definition) is 6. The normalized spacial score (nSPS) is 14.4. The Kier molecular flexibility index (Phi) is 4.93. The van der Waals surface area contributed by atoms with Crippen molar-refractivity contribution in [2.24, 2.45) is 0 Å². The summed E-state index contributed by atoms with van der Waals surface area (Å²) in [4.78, 5) is 20.5. The van der Waals surface area contributed by atoms with Gasteiger partial charge in [-0.05, 0) is 48.6 Å². The Morgan fingerprint density at radius 2 is 1.63 bits per heavy atom. The number of halogens is 1. The molecule has 3 heterocycles. The van der Waals surface area contributed by atoms with Crippen molar-refractivity contribution in [1.82, 2.24) is 14.1 Å². The molecule has 2 aromatic heterocycles. The number of nitrogens with zero attached hydrogens (tertiary/aromatic N) is 4. The Labute approximate surface area is 180 Å². The molecule has 0 unspecified atom stereocenters. The van der Waals surface area contributed by atoms with Gasteiger partial charge in [0.2, 0.25) is 5.95 Å². The van der Waals surface area contributed by atoms with Gasteiger partial charge in [0, 0.05) is 18.8 Å². The third kappa shape index (κ3) is 3.24. The van der Waals surface area contributed by atoms with Crippen LogP contribution in [0, 0.1) is 9.77 Å². The smallest absolute Gasteiger partial charge is 0.279 e. The summed E-state index contributed by atoms with van der Waals surface area (Å²) in [5, 5.41) is 0. The van der Waals surface area contributed by atoms with Crippen LogP contribution in [0.5, 0.6) is 0 Å². The van der Waals surface area contributed by atoms with Crippen LogP contribution in [-0.4, -0.2) is 40.4 Å². The molecule has 1 saturated heterocycles. The summed E-state index contributed by atoms with van der Waals surface area (Å²) in [6.07, 6.45) is 0. The van der Waals surface area contributed by atoms with Gasteiger partial charge in [-0.2, -0.15) is 4.98 Å². The zero-order valence-corrected chi connectivity index (χ0v) is 17.5. The first-order valence-electron chi connectivity index (χ1n) is 9.46. The Morgan fingerprint density at radius 1 is 0.967 bits per heavy atom. The number of thiazole rings is 1. The molecule has 2 aromatic carbocycles. The average Bonchev–Trinajstić information content (AvgIpc) is 3.12. The molecule has 0 radical (unpaired) electrons. The van der Waals surface area contributed by atoms with Crippen LogP contribution in [0.2, 0.25) is 0 Å². The quantitative estimate of drug-likeness (QED) is 0.452. The summed E-state index contributed by atoms with van der Waals surface area (Å²) in [5.41, 5.74) is 1.72. The standard InChI is InChI=1S/C21H17FN4O2S2/c22-14-6-8-16(9-7-14)26-19(27)17-18(23-20(26)24-10-12-28-13-11-24)25(21(29)30-17)15-4-2-1-3-5-15/h1-9H,10-13H2. The van der Waals surface area contributed by atoms with Crippen LogP contribution >= 0.6 is 23.6 Å². The van der Waals surface area contributed by atoms with Gasteiger partial charge in [0.1, 0.15) is 10.5 Å². The summed E-state index contributed by atoms with van der Waals surface area (Å²) < 4.78 is 23.4. The van der Waals surface area contributed by atoms with Gasteiger partial charge in [0.15, 0.2) is 9.60 Å². The molecule has 0 bridgehead atoms. The second kappa shape index (κ2) is 7.75. The van der Waals surface area contributed by atoms with Crippen molar-refractivity contribution >= 4 is 39.9 Å². The molecule has 1 fully saturated rings. The average molecular weight is 441 g/mol. The van der Waals surface area contributed by atoms with Gasteiger partial charge in [-0.25, -0.2) is 8.96 Å². The molecule has 6 nitrogen and oxygen atoms in total. The van der Waals surface area contributed by atoms with E-state index in [0.29, 0.717) is 52.2 Å². The van der Waals surface area contributed by atoms with Crippen LogP contribution in [0.3, 0.4) is 0 Å². The monoisotopic (exact) mass is 440 g/mol. The largest absolute Gasteiger partial charge is 0.378 e. The first-order chi connectivity index (χ1) is 14.6. The third-order valence-electron chi connectivity index (χ3n) is 4.98. The number of para-hydroxylation sites is 1. The molecule has 1 aliphatic rings. The molecular formula is C21H17FN4O2S2. The fraction of sp³-hybridized carbons (Fsp3) is 0.190. The van der Waals surface area contributed by atoms with E-state index in [4.69, 9.17) is 21.9 Å². The maximum absolute atomic E-state index is 13.6. The van der Waals surface area contributed by atoms with E-state index in [2.05, 4.69) is 0 Å². The van der Waals surface area contributed by atoms with E-state index in [0.717, 1.165) is 5.69 Å². The van der Waals surface area contributed by atoms with Crippen molar-refractivity contribution in [3.8, 4) is 11.4 Å². The van der Waals surface area contributed by atoms with E-state index < -0.39 is 0 Å². The second-order valence-electron chi connectivity index (χ2n) is 6.82. The molecule has 0 saturated carbocycles. The highest BCUT2D eigenvalue weighted by molar-refractivity contribution is 7.73. The molecule has 4 aromatic rings. The number of hydrogen-bond donors (Lipinski definition) is 0. The van der Waals surface area contributed by atoms with Crippen LogP contribution in [0.25, 0.3) is 21.7 Å². The van der Waals surface area contributed by atoms with E-state index in [1.54, 1.807) is 12.1 Å². The molecule has 0 N–H and O–H groups in total. The lowest BCUT2D eigenvalue weighted by Crippen LogP contribution is -2.40. The highest BCUT2D eigenvalue weighted by atomic mass is 32.1. The summed E-state index contributed by atoms with van der Waals surface area (Å²) in [6.45, 7) is 2.31. The molecule has 1 aliphatic heterocycles.